The largest absolute Gasteiger partial charge is 0.461 e. The first kappa shape index (κ1) is 22.2. The molecule has 0 aliphatic carbocycles. The van der Waals surface area contributed by atoms with Gasteiger partial charge in [0.05, 0.1) is 17.6 Å². The predicted molar refractivity (Wildman–Crippen MR) is 132 cm³/mol. The third-order valence-electron chi connectivity index (χ3n) is 6.40. The number of furan rings is 1. The number of rotatable bonds is 5. The highest BCUT2D eigenvalue weighted by Gasteiger charge is 2.21. The van der Waals surface area contributed by atoms with Crippen LogP contribution in [0.2, 0.25) is 0 Å². The van der Waals surface area contributed by atoms with Gasteiger partial charge in [-0.2, -0.15) is 4.52 Å². The summed E-state index contributed by atoms with van der Waals surface area (Å²) in [4.78, 5) is 13.4. The maximum atomic E-state index is 14.2. The fourth-order valence-electron chi connectivity index (χ4n) is 4.59. The van der Waals surface area contributed by atoms with Crippen LogP contribution in [0.4, 0.5) is 20.4 Å². The van der Waals surface area contributed by atoms with Crippen LogP contribution in [-0.4, -0.2) is 50.7 Å². The molecule has 3 aromatic heterocycles. The number of hydrogen-bond donors (Lipinski definition) is 1. The molecule has 1 fully saturated rings. The Balaban J connectivity index is 1.23. The molecule has 0 spiro atoms. The minimum atomic E-state index is -0.567. The van der Waals surface area contributed by atoms with Crippen molar-refractivity contribution in [2.24, 2.45) is 0 Å². The van der Waals surface area contributed by atoms with Crippen LogP contribution in [0.25, 0.3) is 28.5 Å². The van der Waals surface area contributed by atoms with E-state index >= 15 is 0 Å². The lowest BCUT2D eigenvalue weighted by Gasteiger charge is -2.36. The maximum Gasteiger partial charge on any atom is 0.223 e. The van der Waals surface area contributed by atoms with Crippen LogP contribution in [0.3, 0.4) is 0 Å². The zero-order chi connectivity index (χ0) is 24.6. The van der Waals surface area contributed by atoms with E-state index < -0.39 is 11.6 Å². The van der Waals surface area contributed by atoms with Gasteiger partial charge in [-0.3, -0.25) is 4.90 Å². The smallest absolute Gasteiger partial charge is 0.223 e. The van der Waals surface area contributed by atoms with Gasteiger partial charge in [0.2, 0.25) is 11.8 Å². The SMILES string of the molecule is Nc1nc(-c2ccccc2CN2CCN(c3ccc(F)cc3F)CC2)cc2nc(-c3ccco3)nn12. The van der Waals surface area contributed by atoms with Crippen LogP contribution in [0.15, 0.2) is 71.3 Å². The lowest BCUT2D eigenvalue weighted by atomic mass is 10.0. The number of nitrogen functional groups attached to an aromatic ring is 1. The van der Waals surface area contributed by atoms with E-state index in [1.165, 1.54) is 16.6 Å². The average Bonchev–Trinajstić information content (AvgIpc) is 3.56. The molecular weight excluding hydrogens is 464 g/mol. The van der Waals surface area contributed by atoms with E-state index in [1.54, 1.807) is 18.4 Å². The molecule has 36 heavy (non-hydrogen) atoms. The van der Waals surface area contributed by atoms with Crippen molar-refractivity contribution < 1.29 is 13.2 Å². The Kier molecular flexibility index (Phi) is 5.57. The summed E-state index contributed by atoms with van der Waals surface area (Å²) in [6.07, 6.45) is 1.57. The molecule has 0 radical (unpaired) electrons. The molecule has 2 N–H and O–H groups in total. The lowest BCUT2D eigenvalue weighted by molar-refractivity contribution is 0.249. The summed E-state index contributed by atoms with van der Waals surface area (Å²) in [6.45, 7) is 3.49. The predicted octanol–water partition coefficient (Wildman–Crippen LogP) is 4.23. The Bertz CT molecular complexity index is 1530. The molecule has 8 nitrogen and oxygen atoms in total. The molecule has 10 heteroatoms. The monoisotopic (exact) mass is 487 g/mol. The fraction of sp³-hybridized carbons (Fsp3) is 0.192. The molecule has 6 rings (SSSR count). The fourth-order valence-corrected chi connectivity index (χ4v) is 4.59. The first-order valence-electron chi connectivity index (χ1n) is 11.6. The second kappa shape index (κ2) is 9.04. The van der Waals surface area contributed by atoms with E-state index in [0.29, 0.717) is 48.2 Å². The Hall–Kier alpha value is -4.31. The zero-order valence-corrected chi connectivity index (χ0v) is 19.3. The first-order chi connectivity index (χ1) is 17.5. The molecule has 182 valence electrons. The van der Waals surface area contributed by atoms with Crippen molar-refractivity contribution in [3.05, 3.63) is 84.1 Å². The van der Waals surface area contributed by atoms with E-state index in [1.807, 2.05) is 29.2 Å². The summed E-state index contributed by atoms with van der Waals surface area (Å²) in [5.74, 6) is 0.130. The van der Waals surface area contributed by atoms with Crippen molar-refractivity contribution in [2.75, 3.05) is 36.8 Å². The van der Waals surface area contributed by atoms with Gasteiger partial charge >= 0.3 is 0 Å². The summed E-state index contributed by atoms with van der Waals surface area (Å²) < 4.78 is 34.4. The van der Waals surface area contributed by atoms with Crippen molar-refractivity contribution in [2.45, 2.75) is 6.54 Å². The molecule has 1 aliphatic heterocycles. The number of fused-ring (bicyclic) bond motifs is 1. The number of benzene rings is 2. The molecule has 1 aliphatic rings. The zero-order valence-electron chi connectivity index (χ0n) is 19.3. The van der Waals surface area contributed by atoms with Gasteiger partial charge < -0.3 is 15.1 Å². The standard InChI is InChI=1S/C26H23F2N7O/c27-18-7-8-22(20(28)14-18)34-11-9-33(10-12-34)16-17-4-1-2-5-19(17)21-15-24-31-25(23-6-3-13-36-23)32-35(24)26(29)30-21/h1-8,13-15H,9-12,16H2,(H2,29,30). The minimum Gasteiger partial charge on any atom is -0.461 e. The molecule has 0 unspecified atom stereocenters. The third-order valence-corrected chi connectivity index (χ3v) is 6.40. The Labute approximate surface area is 205 Å². The number of piperazine rings is 1. The Morgan fingerprint density at radius 3 is 2.53 bits per heavy atom. The van der Waals surface area contributed by atoms with Crippen molar-refractivity contribution in [3.63, 3.8) is 0 Å². The molecule has 0 atom stereocenters. The Morgan fingerprint density at radius 2 is 1.75 bits per heavy atom. The summed E-state index contributed by atoms with van der Waals surface area (Å²) in [7, 11) is 0. The van der Waals surface area contributed by atoms with Gasteiger partial charge in [-0.25, -0.2) is 18.7 Å². The summed E-state index contributed by atoms with van der Waals surface area (Å²) in [5.41, 5.74) is 10.0. The molecular formula is C26H23F2N7O. The van der Waals surface area contributed by atoms with Crippen LogP contribution in [0.5, 0.6) is 0 Å². The van der Waals surface area contributed by atoms with E-state index in [0.717, 1.165) is 30.3 Å². The van der Waals surface area contributed by atoms with Gasteiger partial charge in [-0.1, -0.05) is 24.3 Å². The maximum absolute atomic E-state index is 14.2. The van der Waals surface area contributed by atoms with E-state index in [-0.39, 0.29) is 5.95 Å². The second-order valence-corrected chi connectivity index (χ2v) is 8.70. The van der Waals surface area contributed by atoms with Crippen LogP contribution < -0.4 is 10.6 Å². The number of aromatic nitrogens is 4. The van der Waals surface area contributed by atoms with Gasteiger partial charge in [-0.05, 0) is 29.8 Å². The minimum absolute atomic E-state index is 0.234. The van der Waals surface area contributed by atoms with Crippen molar-refractivity contribution in [1.82, 2.24) is 24.5 Å². The van der Waals surface area contributed by atoms with Crippen LogP contribution in [-0.2, 0) is 6.54 Å². The van der Waals surface area contributed by atoms with E-state index in [2.05, 4.69) is 26.0 Å². The summed E-state index contributed by atoms with van der Waals surface area (Å²) in [6, 6.07) is 17.2. The lowest BCUT2D eigenvalue weighted by Crippen LogP contribution is -2.46. The first-order valence-corrected chi connectivity index (χ1v) is 11.6. The molecule has 1 saturated heterocycles. The van der Waals surface area contributed by atoms with Crippen LogP contribution in [0.1, 0.15) is 5.56 Å². The quantitative estimate of drug-likeness (QED) is 0.397. The van der Waals surface area contributed by atoms with Crippen molar-refractivity contribution in [3.8, 4) is 22.8 Å². The molecule has 4 heterocycles. The normalized spacial score (nSPS) is 14.6. The second-order valence-electron chi connectivity index (χ2n) is 8.70. The van der Waals surface area contributed by atoms with E-state index in [9.17, 15) is 8.78 Å². The van der Waals surface area contributed by atoms with Gasteiger partial charge in [0, 0.05) is 50.4 Å². The highest BCUT2D eigenvalue weighted by atomic mass is 19.1. The van der Waals surface area contributed by atoms with Crippen LogP contribution >= 0.6 is 0 Å². The number of anilines is 2. The van der Waals surface area contributed by atoms with Gasteiger partial charge in [0.25, 0.3) is 0 Å². The summed E-state index contributed by atoms with van der Waals surface area (Å²) >= 11 is 0. The molecule has 0 saturated carbocycles. The van der Waals surface area contributed by atoms with Gasteiger partial charge in [0.15, 0.2) is 11.4 Å². The highest BCUT2D eigenvalue weighted by molar-refractivity contribution is 5.69. The number of hydrogen-bond acceptors (Lipinski definition) is 7. The van der Waals surface area contributed by atoms with Gasteiger partial charge in [0.1, 0.15) is 11.6 Å². The van der Waals surface area contributed by atoms with Crippen molar-refractivity contribution >= 4 is 17.3 Å². The number of nitrogens with two attached hydrogens (primary N) is 1. The van der Waals surface area contributed by atoms with Crippen LogP contribution in [0, 0.1) is 11.6 Å². The van der Waals surface area contributed by atoms with Crippen molar-refractivity contribution in [1.29, 1.82) is 0 Å². The molecule has 0 bridgehead atoms. The molecule has 2 aromatic carbocycles. The summed E-state index contributed by atoms with van der Waals surface area (Å²) in [5, 5.41) is 4.41. The third kappa shape index (κ3) is 4.16. The van der Waals surface area contributed by atoms with E-state index in [4.69, 9.17) is 10.2 Å². The van der Waals surface area contributed by atoms with Gasteiger partial charge in [-0.15, -0.1) is 5.10 Å². The highest BCUT2D eigenvalue weighted by Crippen LogP contribution is 2.28. The molecule has 0 amide bonds. The average molecular weight is 488 g/mol. The molecule has 5 aromatic rings. The number of halogens is 2. The number of nitrogens with zero attached hydrogens (tertiary/aromatic N) is 6. The Morgan fingerprint density at radius 1 is 0.917 bits per heavy atom. The topological polar surface area (TPSA) is 88.7 Å².